The van der Waals surface area contributed by atoms with Gasteiger partial charge in [0, 0.05) is 30.0 Å². The number of thiophene rings is 1. The highest BCUT2D eigenvalue weighted by Gasteiger charge is 2.40. The fraction of sp³-hybridized carbons (Fsp3) is 0.300. The van der Waals surface area contributed by atoms with E-state index in [2.05, 4.69) is 10.6 Å². The molecule has 1 fully saturated rings. The smallest absolute Gasteiger partial charge is 0.261 e. The average Bonchev–Trinajstić information content (AvgIpc) is 3.25. The first-order chi connectivity index (χ1) is 13.5. The second-order valence-corrected chi connectivity index (χ2v) is 8.25. The van der Waals surface area contributed by atoms with E-state index in [1.807, 2.05) is 18.2 Å². The molecule has 1 aromatic heterocycles. The Morgan fingerprint density at radius 1 is 1.07 bits per heavy atom. The van der Waals surface area contributed by atoms with Crippen molar-refractivity contribution in [2.75, 3.05) is 6.54 Å². The van der Waals surface area contributed by atoms with Crippen molar-refractivity contribution in [2.45, 2.75) is 31.8 Å². The van der Waals surface area contributed by atoms with Crippen LogP contribution in [-0.4, -0.2) is 41.1 Å². The second-order valence-electron chi connectivity index (χ2n) is 7.20. The van der Waals surface area contributed by atoms with Crippen molar-refractivity contribution < 1.29 is 19.2 Å². The summed E-state index contributed by atoms with van der Waals surface area (Å²) in [5.41, 5.74) is 3.41. The summed E-state index contributed by atoms with van der Waals surface area (Å²) in [6, 6.07) is 6.96. The van der Waals surface area contributed by atoms with E-state index in [1.165, 1.54) is 11.3 Å². The third-order valence-corrected chi connectivity index (χ3v) is 6.75. The fourth-order valence-electron chi connectivity index (χ4n) is 4.15. The summed E-state index contributed by atoms with van der Waals surface area (Å²) in [5.74, 6) is -0.951. The molecule has 4 heterocycles. The maximum Gasteiger partial charge on any atom is 0.261 e. The van der Waals surface area contributed by atoms with E-state index in [0.29, 0.717) is 25.1 Å². The Balaban J connectivity index is 1.51. The summed E-state index contributed by atoms with van der Waals surface area (Å²) in [5, 5.41) is 5.18. The number of carbonyl (C=O) groups is 4. The van der Waals surface area contributed by atoms with Gasteiger partial charge in [0.1, 0.15) is 6.04 Å². The van der Waals surface area contributed by atoms with Crippen molar-refractivity contribution in [3.05, 3.63) is 45.8 Å². The molecule has 0 radical (unpaired) electrons. The van der Waals surface area contributed by atoms with Crippen LogP contribution in [0.15, 0.2) is 24.3 Å². The number of rotatable bonds is 2. The number of hydrogen-bond acceptors (Lipinski definition) is 5. The Morgan fingerprint density at radius 2 is 1.89 bits per heavy atom. The molecule has 3 aliphatic rings. The molecule has 142 valence electrons. The molecule has 28 heavy (non-hydrogen) atoms. The quantitative estimate of drug-likeness (QED) is 0.753. The highest BCUT2D eigenvalue weighted by atomic mass is 32.1. The highest BCUT2D eigenvalue weighted by Crippen LogP contribution is 2.39. The minimum atomic E-state index is -0.632. The summed E-state index contributed by atoms with van der Waals surface area (Å²) in [6.07, 6.45) is 1.37. The first kappa shape index (κ1) is 17.1. The molecule has 1 unspecified atom stereocenters. The van der Waals surface area contributed by atoms with Gasteiger partial charge < -0.3 is 10.2 Å². The summed E-state index contributed by atoms with van der Waals surface area (Å²) < 4.78 is 0. The van der Waals surface area contributed by atoms with Gasteiger partial charge in [-0.2, -0.15) is 0 Å². The predicted octanol–water partition coefficient (Wildman–Crippen LogP) is 1.46. The summed E-state index contributed by atoms with van der Waals surface area (Å²) in [4.78, 5) is 52.0. The molecular weight excluding hydrogens is 378 g/mol. The zero-order valence-corrected chi connectivity index (χ0v) is 15.7. The minimum Gasteiger partial charge on any atom is -0.351 e. The number of nitrogens with one attached hydrogen (secondary N) is 2. The van der Waals surface area contributed by atoms with Crippen molar-refractivity contribution >= 4 is 35.0 Å². The van der Waals surface area contributed by atoms with Crippen LogP contribution in [0.1, 0.15) is 44.0 Å². The second kappa shape index (κ2) is 6.27. The van der Waals surface area contributed by atoms with Gasteiger partial charge in [0.2, 0.25) is 11.8 Å². The first-order valence-electron chi connectivity index (χ1n) is 9.21. The summed E-state index contributed by atoms with van der Waals surface area (Å²) in [7, 11) is 0. The maximum absolute atomic E-state index is 13.0. The molecule has 5 rings (SSSR count). The molecule has 4 amide bonds. The highest BCUT2D eigenvalue weighted by molar-refractivity contribution is 7.17. The summed E-state index contributed by atoms with van der Waals surface area (Å²) >= 11 is 1.44. The van der Waals surface area contributed by atoms with Gasteiger partial charge in [-0.15, -0.1) is 11.3 Å². The van der Waals surface area contributed by atoms with Gasteiger partial charge in [-0.1, -0.05) is 12.1 Å². The van der Waals surface area contributed by atoms with Gasteiger partial charge in [-0.25, -0.2) is 0 Å². The number of benzene rings is 1. The fourth-order valence-corrected chi connectivity index (χ4v) is 5.33. The van der Waals surface area contributed by atoms with Crippen molar-refractivity contribution in [3.63, 3.8) is 0 Å². The van der Waals surface area contributed by atoms with Crippen LogP contribution >= 0.6 is 11.3 Å². The number of piperidine rings is 1. The van der Waals surface area contributed by atoms with Crippen LogP contribution in [0.5, 0.6) is 0 Å². The third kappa shape index (κ3) is 2.56. The monoisotopic (exact) mass is 395 g/mol. The number of hydrogen-bond donors (Lipinski definition) is 2. The van der Waals surface area contributed by atoms with Crippen molar-refractivity contribution in [2.24, 2.45) is 0 Å². The predicted molar refractivity (Wildman–Crippen MR) is 102 cm³/mol. The number of imide groups is 1. The Hall–Kier alpha value is -3.00. The lowest BCUT2D eigenvalue weighted by Crippen LogP contribution is -2.52. The zero-order chi connectivity index (χ0) is 19.4. The normalized spacial score (nSPS) is 21.3. The van der Waals surface area contributed by atoms with Crippen molar-refractivity contribution in [3.8, 4) is 10.4 Å². The molecule has 0 spiro atoms. The van der Waals surface area contributed by atoms with E-state index < -0.39 is 11.9 Å². The molecule has 0 saturated carbocycles. The number of amides is 4. The molecule has 0 aliphatic carbocycles. The van der Waals surface area contributed by atoms with Gasteiger partial charge in [-0.3, -0.25) is 24.5 Å². The Bertz CT molecular complexity index is 1060. The topological polar surface area (TPSA) is 95.6 Å². The van der Waals surface area contributed by atoms with E-state index in [9.17, 15) is 19.2 Å². The van der Waals surface area contributed by atoms with Crippen LogP contribution in [0.4, 0.5) is 0 Å². The van der Waals surface area contributed by atoms with Crippen LogP contribution in [0, 0.1) is 0 Å². The number of nitrogens with zero attached hydrogens (tertiary/aromatic N) is 1. The van der Waals surface area contributed by atoms with Gasteiger partial charge >= 0.3 is 0 Å². The standard InChI is InChI=1S/C20H17N3O4S/c24-16-5-4-14(18(25)22-16)23-9-13-11(2-1-3-12(13)20(23)27)15-8-10-6-7-21-19(26)17(10)28-15/h1-3,8,14H,4-7,9H2,(H,21,26)(H,22,24,25). The first-order valence-corrected chi connectivity index (χ1v) is 10.0. The van der Waals surface area contributed by atoms with Gasteiger partial charge in [0.15, 0.2) is 0 Å². The lowest BCUT2D eigenvalue weighted by Gasteiger charge is -2.29. The van der Waals surface area contributed by atoms with Crippen molar-refractivity contribution in [1.82, 2.24) is 15.5 Å². The zero-order valence-electron chi connectivity index (χ0n) is 14.9. The van der Waals surface area contributed by atoms with E-state index in [-0.39, 0.29) is 24.1 Å². The van der Waals surface area contributed by atoms with Crippen LogP contribution in [0.2, 0.25) is 0 Å². The summed E-state index contributed by atoms with van der Waals surface area (Å²) in [6.45, 7) is 0.960. The largest absolute Gasteiger partial charge is 0.351 e. The molecule has 3 aliphatic heterocycles. The van der Waals surface area contributed by atoms with Gasteiger partial charge in [0.05, 0.1) is 4.88 Å². The van der Waals surface area contributed by atoms with Crippen LogP contribution in [0.3, 0.4) is 0 Å². The number of carbonyl (C=O) groups excluding carboxylic acids is 4. The van der Waals surface area contributed by atoms with Gasteiger partial charge in [-0.05, 0) is 41.7 Å². The number of fused-ring (bicyclic) bond motifs is 2. The minimum absolute atomic E-state index is 0.0497. The molecule has 2 N–H and O–H groups in total. The van der Waals surface area contributed by atoms with E-state index >= 15 is 0 Å². The SMILES string of the molecule is O=C1CCC(N2Cc3c(cccc3-c3cc4c(s3)C(=O)NCC4)C2=O)C(=O)N1. The maximum atomic E-state index is 13.0. The molecule has 1 saturated heterocycles. The molecule has 8 heteroatoms. The van der Waals surface area contributed by atoms with Crippen LogP contribution in [-0.2, 0) is 22.6 Å². The lowest BCUT2D eigenvalue weighted by atomic mass is 10.0. The average molecular weight is 395 g/mol. The molecule has 0 bridgehead atoms. The Morgan fingerprint density at radius 3 is 2.68 bits per heavy atom. The Kier molecular flexibility index (Phi) is 3.83. The molecule has 1 atom stereocenters. The van der Waals surface area contributed by atoms with Crippen LogP contribution < -0.4 is 10.6 Å². The molecular formula is C20H17N3O4S. The molecule has 1 aromatic carbocycles. The molecule has 7 nitrogen and oxygen atoms in total. The van der Waals surface area contributed by atoms with E-state index in [4.69, 9.17) is 0 Å². The van der Waals surface area contributed by atoms with Crippen LogP contribution in [0.25, 0.3) is 10.4 Å². The van der Waals surface area contributed by atoms with Gasteiger partial charge in [0.25, 0.3) is 11.8 Å². The Labute approximate surface area is 164 Å². The molecule has 2 aromatic rings. The van der Waals surface area contributed by atoms with E-state index in [1.54, 1.807) is 11.0 Å². The van der Waals surface area contributed by atoms with Crippen molar-refractivity contribution in [1.29, 1.82) is 0 Å². The van der Waals surface area contributed by atoms with E-state index in [0.717, 1.165) is 32.9 Å². The lowest BCUT2D eigenvalue weighted by molar-refractivity contribution is -0.136. The third-order valence-electron chi connectivity index (χ3n) is 5.54.